The number of amides is 1. The first-order valence-electron chi connectivity index (χ1n) is 8.60. The van der Waals surface area contributed by atoms with Crippen molar-refractivity contribution >= 4 is 56.9 Å². The number of benzene rings is 2. The lowest BCUT2D eigenvalue weighted by molar-refractivity contribution is -0.113. The predicted octanol–water partition coefficient (Wildman–Crippen LogP) is 4.61. The molecule has 1 saturated heterocycles. The summed E-state index contributed by atoms with van der Waals surface area (Å²) < 4.78 is 7.90. The van der Waals surface area contributed by atoms with E-state index in [1.807, 2.05) is 38.2 Å². The molecule has 0 spiro atoms. The van der Waals surface area contributed by atoms with Crippen LogP contribution in [0.2, 0.25) is 0 Å². The maximum atomic E-state index is 13.0. The van der Waals surface area contributed by atoms with E-state index in [2.05, 4.69) is 4.57 Å². The van der Waals surface area contributed by atoms with Gasteiger partial charge in [-0.2, -0.15) is 0 Å². The highest BCUT2D eigenvalue weighted by atomic mass is 32.2. The van der Waals surface area contributed by atoms with Crippen molar-refractivity contribution < 1.29 is 14.6 Å². The number of carbonyl (C=O) groups is 1. The Balaban J connectivity index is 1.81. The number of rotatable bonds is 3. The second-order valence-electron chi connectivity index (χ2n) is 6.48. The molecule has 1 aliphatic rings. The maximum absolute atomic E-state index is 13.0. The average molecular weight is 411 g/mol. The van der Waals surface area contributed by atoms with E-state index in [4.69, 9.17) is 17.0 Å². The number of nitrogens with zero attached hydrogens (tertiary/aromatic N) is 2. The third kappa shape index (κ3) is 2.96. The molecule has 0 saturated carbocycles. The third-order valence-corrected chi connectivity index (χ3v) is 6.21. The van der Waals surface area contributed by atoms with Gasteiger partial charge in [0, 0.05) is 35.3 Å². The fourth-order valence-electron chi connectivity index (χ4n) is 3.34. The van der Waals surface area contributed by atoms with Gasteiger partial charge in [-0.15, -0.1) is 0 Å². The number of phenolic OH excluding ortho intramolecular Hbond substituents is 1. The third-order valence-electron chi connectivity index (χ3n) is 4.91. The monoisotopic (exact) mass is 410 g/mol. The Morgan fingerprint density at radius 1 is 1.21 bits per heavy atom. The number of carbonyl (C=O) groups excluding carboxylic acids is 1. The first-order valence-corrected chi connectivity index (χ1v) is 9.83. The summed E-state index contributed by atoms with van der Waals surface area (Å²) in [6, 6.07) is 12.4. The van der Waals surface area contributed by atoms with Gasteiger partial charge in [0.15, 0.2) is 4.32 Å². The molecule has 0 unspecified atom stereocenters. The van der Waals surface area contributed by atoms with E-state index in [0.717, 1.165) is 27.9 Å². The summed E-state index contributed by atoms with van der Waals surface area (Å²) in [4.78, 5) is 15.0. The topological polar surface area (TPSA) is 54.7 Å². The largest absolute Gasteiger partial charge is 0.508 e. The van der Waals surface area contributed by atoms with E-state index in [9.17, 15) is 9.90 Å². The van der Waals surface area contributed by atoms with Gasteiger partial charge in [-0.3, -0.25) is 9.69 Å². The molecule has 0 radical (unpaired) electrons. The average Bonchev–Trinajstić information content (AvgIpc) is 3.09. The molecule has 3 aromatic rings. The number of thiocarbonyl (C=S) groups is 1. The van der Waals surface area contributed by atoms with Crippen molar-refractivity contribution in [3.8, 4) is 11.5 Å². The molecule has 7 heteroatoms. The van der Waals surface area contributed by atoms with Crippen LogP contribution in [-0.2, 0) is 11.8 Å². The fourth-order valence-corrected chi connectivity index (χ4v) is 4.62. The smallest absolute Gasteiger partial charge is 0.270 e. The Bertz CT molecular complexity index is 1160. The summed E-state index contributed by atoms with van der Waals surface area (Å²) >= 11 is 6.69. The molecule has 2 aromatic carbocycles. The standard InChI is InChI=1S/C21H18N2O3S2/c1-12-16(17-10-15(26-3)7-8-18(17)22(12)2)11-19-20(25)23(21(27)28-19)13-5-4-6-14(24)9-13/h4-11,24H,1-3H3/b19-11-. The number of thioether (sulfide) groups is 1. The Morgan fingerprint density at radius 2 is 2.00 bits per heavy atom. The minimum Gasteiger partial charge on any atom is -0.508 e. The molecule has 1 aromatic heterocycles. The molecule has 142 valence electrons. The van der Waals surface area contributed by atoms with Gasteiger partial charge in [-0.25, -0.2) is 0 Å². The molecule has 1 fully saturated rings. The summed E-state index contributed by atoms with van der Waals surface area (Å²) in [5, 5.41) is 10.8. The van der Waals surface area contributed by atoms with Crippen LogP contribution >= 0.6 is 24.0 Å². The van der Waals surface area contributed by atoms with Gasteiger partial charge in [0.2, 0.25) is 0 Å². The lowest BCUT2D eigenvalue weighted by atomic mass is 10.1. The molecule has 28 heavy (non-hydrogen) atoms. The Morgan fingerprint density at radius 3 is 2.71 bits per heavy atom. The number of ether oxygens (including phenoxy) is 1. The van der Waals surface area contributed by atoms with Crippen LogP contribution in [0, 0.1) is 6.92 Å². The van der Waals surface area contributed by atoms with Crippen LogP contribution in [0.15, 0.2) is 47.4 Å². The van der Waals surface area contributed by atoms with Gasteiger partial charge < -0.3 is 14.4 Å². The number of fused-ring (bicyclic) bond motifs is 1. The number of aromatic hydroxyl groups is 1. The van der Waals surface area contributed by atoms with E-state index < -0.39 is 0 Å². The first-order chi connectivity index (χ1) is 13.4. The zero-order valence-electron chi connectivity index (χ0n) is 15.6. The molecule has 1 N–H and O–H groups in total. The second-order valence-corrected chi connectivity index (χ2v) is 8.15. The van der Waals surface area contributed by atoms with E-state index in [1.54, 1.807) is 25.3 Å². The molecule has 1 aliphatic heterocycles. The number of aryl methyl sites for hydroxylation is 1. The number of anilines is 1. The number of phenols is 1. The van der Waals surface area contributed by atoms with Crippen molar-refractivity contribution in [2.24, 2.45) is 7.05 Å². The minimum atomic E-state index is -0.195. The number of aromatic nitrogens is 1. The zero-order valence-corrected chi connectivity index (χ0v) is 17.2. The van der Waals surface area contributed by atoms with Crippen LogP contribution < -0.4 is 9.64 Å². The van der Waals surface area contributed by atoms with Gasteiger partial charge in [0.1, 0.15) is 11.5 Å². The number of hydrogen-bond acceptors (Lipinski definition) is 5. The van der Waals surface area contributed by atoms with Crippen LogP contribution in [0.1, 0.15) is 11.3 Å². The van der Waals surface area contributed by atoms with Gasteiger partial charge in [0.05, 0.1) is 17.7 Å². The molecule has 1 amide bonds. The lowest BCUT2D eigenvalue weighted by Gasteiger charge is -2.14. The molecular weight excluding hydrogens is 392 g/mol. The first kappa shape index (κ1) is 18.6. The highest BCUT2D eigenvalue weighted by molar-refractivity contribution is 8.27. The van der Waals surface area contributed by atoms with Crippen molar-refractivity contribution in [3.05, 3.63) is 58.6 Å². The van der Waals surface area contributed by atoms with Crippen LogP contribution in [0.4, 0.5) is 5.69 Å². The van der Waals surface area contributed by atoms with Crippen molar-refractivity contribution in [1.82, 2.24) is 4.57 Å². The summed E-state index contributed by atoms with van der Waals surface area (Å²) in [6.45, 7) is 2.02. The molecule has 0 bridgehead atoms. The van der Waals surface area contributed by atoms with E-state index in [-0.39, 0.29) is 11.7 Å². The summed E-state index contributed by atoms with van der Waals surface area (Å²) in [5.74, 6) is 0.660. The van der Waals surface area contributed by atoms with Crippen molar-refractivity contribution in [2.45, 2.75) is 6.92 Å². The SMILES string of the molecule is COc1ccc2c(c1)c(/C=C1\SC(=S)N(c3cccc(O)c3)C1=O)c(C)n2C. The summed E-state index contributed by atoms with van der Waals surface area (Å²) in [5.41, 5.74) is 3.63. The van der Waals surface area contributed by atoms with Crippen molar-refractivity contribution in [3.63, 3.8) is 0 Å². The highest BCUT2D eigenvalue weighted by Gasteiger charge is 2.33. The predicted molar refractivity (Wildman–Crippen MR) is 118 cm³/mol. The van der Waals surface area contributed by atoms with Gasteiger partial charge in [0.25, 0.3) is 5.91 Å². The lowest BCUT2D eigenvalue weighted by Crippen LogP contribution is -2.27. The van der Waals surface area contributed by atoms with Crippen LogP contribution in [0.25, 0.3) is 17.0 Å². The molecule has 2 heterocycles. The van der Waals surface area contributed by atoms with Gasteiger partial charge in [-0.05, 0) is 43.3 Å². The minimum absolute atomic E-state index is 0.0903. The fraction of sp³-hybridized carbons (Fsp3) is 0.143. The Kier molecular flexibility index (Phi) is 4.64. The highest BCUT2D eigenvalue weighted by Crippen LogP contribution is 2.39. The molecule has 4 rings (SSSR count). The van der Waals surface area contributed by atoms with Crippen molar-refractivity contribution in [1.29, 1.82) is 0 Å². The molecule has 0 atom stereocenters. The molecule has 5 nitrogen and oxygen atoms in total. The number of hydrogen-bond donors (Lipinski definition) is 1. The van der Waals surface area contributed by atoms with Crippen LogP contribution in [0.5, 0.6) is 11.5 Å². The van der Waals surface area contributed by atoms with Crippen molar-refractivity contribution in [2.75, 3.05) is 12.0 Å². The quantitative estimate of drug-likeness (QED) is 0.505. The maximum Gasteiger partial charge on any atom is 0.270 e. The summed E-state index contributed by atoms with van der Waals surface area (Å²) in [6.07, 6.45) is 1.89. The van der Waals surface area contributed by atoms with E-state index >= 15 is 0 Å². The van der Waals surface area contributed by atoms with Crippen LogP contribution in [-0.4, -0.2) is 27.0 Å². The van der Waals surface area contributed by atoms with Gasteiger partial charge >= 0.3 is 0 Å². The number of methoxy groups -OCH3 is 1. The van der Waals surface area contributed by atoms with E-state index in [1.165, 1.54) is 22.7 Å². The Labute approximate surface area is 172 Å². The molecular formula is C21H18N2O3S2. The van der Waals surface area contributed by atoms with Gasteiger partial charge in [-0.1, -0.05) is 30.0 Å². The normalized spacial score (nSPS) is 15.8. The zero-order chi connectivity index (χ0) is 20.0. The second kappa shape index (κ2) is 7.00. The van der Waals surface area contributed by atoms with E-state index in [0.29, 0.717) is 14.9 Å². The Hall–Kier alpha value is -2.77. The van der Waals surface area contributed by atoms with Crippen LogP contribution in [0.3, 0.4) is 0 Å². The molecule has 0 aliphatic carbocycles. The summed E-state index contributed by atoms with van der Waals surface area (Å²) in [7, 11) is 3.64.